The smallest absolute Gasteiger partial charge is 0.328 e. The van der Waals surface area contributed by atoms with E-state index < -0.39 is 6.03 Å². The van der Waals surface area contributed by atoms with Gasteiger partial charge >= 0.3 is 6.03 Å². The Hall–Kier alpha value is -2.76. The lowest BCUT2D eigenvalue weighted by molar-refractivity contribution is -0.121. The van der Waals surface area contributed by atoms with Gasteiger partial charge in [-0.15, -0.1) is 0 Å². The van der Waals surface area contributed by atoms with Gasteiger partial charge in [-0.3, -0.25) is 9.69 Å². The van der Waals surface area contributed by atoms with Gasteiger partial charge in [-0.25, -0.2) is 4.79 Å². The van der Waals surface area contributed by atoms with E-state index in [4.69, 9.17) is 23.2 Å². The Kier molecular flexibility index (Phi) is 4.42. The molecule has 27 heavy (non-hydrogen) atoms. The molecule has 0 unspecified atom stereocenters. The molecule has 1 saturated heterocycles. The van der Waals surface area contributed by atoms with E-state index >= 15 is 0 Å². The number of benzene rings is 2. The van der Waals surface area contributed by atoms with Gasteiger partial charge in [0.2, 0.25) is 0 Å². The lowest BCUT2D eigenvalue weighted by Gasteiger charge is -2.08. The molecular formula is C20H15Cl2N3O2. The molecule has 1 fully saturated rings. The van der Waals surface area contributed by atoms with E-state index in [9.17, 15) is 9.59 Å². The van der Waals surface area contributed by atoms with Gasteiger partial charge in [-0.1, -0.05) is 47.5 Å². The second kappa shape index (κ2) is 6.76. The zero-order valence-electron chi connectivity index (χ0n) is 14.4. The van der Waals surface area contributed by atoms with Crippen LogP contribution in [0.2, 0.25) is 10.0 Å². The number of likely N-dealkylation sites (N-methyl/N-ethyl adjacent to an activating group) is 1. The minimum atomic E-state index is -0.428. The molecule has 5 nitrogen and oxygen atoms in total. The summed E-state index contributed by atoms with van der Waals surface area (Å²) in [4.78, 5) is 24.9. The summed E-state index contributed by atoms with van der Waals surface area (Å²) in [7, 11) is 1.45. The molecule has 3 amide bonds. The Balaban J connectivity index is 1.78. The number of urea groups is 1. The van der Waals surface area contributed by atoms with Gasteiger partial charge in [0.05, 0.1) is 0 Å². The third-order valence-electron chi connectivity index (χ3n) is 4.56. The van der Waals surface area contributed by atoms with E-state index in [2.05, 4.69) is 9.88 Å². The monoisotopic (exact) mass is 399 g/mol. The molecule has 1 aliphatic heterocycles. The summed E-state index contributed by atoms with van der Waals surface area (Å²) >= 11 is 12.3. The fourth-order valence-corrected chi connectivity index (χ4v) is 3.60. The molecule has 0 spiro atoms. The first-order valence-electron chi connectivity index (χ1n) is 8.26. The SMILES string of the molecule is CN1C(=O)N/C(=C/c2cn(Cc3ccc(Cl)cc3Cl)c3ccccc23)C1=O. The number of fused-ring (bicyclic) bond motifs is 1. The third-order valence-corrected chi connectivity index (χ3v) is 5.14. The van der Waals surface area contributed by atoms with Gasteiger partial charge in [0.1, 0.15) is 5.70 Å². The molecule has 2 aromatic carbocycles. The molecule has 3 aromatic rings. The quantitative estimate of drug-likeness (QED) is 0.519. The van der Waals surface area contributed by atoms with E-state index in [1.54, 1.807) is 18.2 Å². The van der Waals surface area contributed by atoms with E-state index in [1.807, 2.05) is 36.5 Å². The number of para-hydroxylation sites is 1. The Morgan fingerprint density at radius 2 is 1.89 bits per heavy atom. The minimum Gasteiger partial charge on any atom is -0.342 e. The summed E-state index contributed by atoms with van der Waals surface area (Å²) in [6, 6.07) is 12.9. The normalized spacial score (nSPS) is 15.8. The van der Waals surface area contributed by atoms with Crippen LogP contribution in [0.4, 0.5) is 4.79 Å². The van der Waals surface area contributed by atoms with Gasteiger partial charge in [-0.2, -0.15) is 0 Å². The van der Waals surface area contributed by atoms with Crippen LogP contribution in [0, 0.1) is 0 Å². The highest BCUT2D eigenvalue weighted by Crippen LogP contribution is 2.27. The molecule has 2 heterocycles. The Labute approximate surface area is 165 Å². The topological polar surface area (TPSA) is 54.3 Å². The molecular weight excluding hydrogens is 385 g/mol. The van der Waals surface area contributed by atoms with Crippen LogP contribution in [0.1, 0.15) is 11.1 Å². The molecule has 0 bridgehead atoms. The van der Waals surface area contributed by atoms with Crippen molar-refractivity contribution in [1.29, 1.82) is 0 Å². The van der Waals surface area contributed by atoms with Crippen molar-refractivity contribution in [2.24, 2.45) is 0 Å². The molecule has 136 valence electrons. The number of amides is 3. The number of halogens is 2. The molecule has 4 rings (SSSR count). The van der Waals surface area contributed by atoms with Crippen molar-refractivity contribution in [3.05, 3.63) is 75.5 Å². The van der Waals surface area contributed by atoms with Crippen LogP contribution in [-0.4, -0.2) is 28.5 Å². The number of carbonyl (C=O) groups is 2. The van der Waals surface area contributed by atoms with Gasteiger partial charge in [0.25, 0.3) is 5.91 Å². The summed E-state index contributed by atoms with van der Waals surface area (Å²) in [6.45, 7) is 0.555. The van der Waals surface area contributed by atoms with E-state index in [0.29, 0.717) is 16.6 Å². The molecule has 1 N–H and O–H groups in total. The second-order valence-corrected chi connectivity index (χ2v) is 7.16. The van der Waals surface area contributed by atoms with Crippen LogP contribution in [0.15, 0.2) is 54.4 Å². The van der Waals surface area contributed by atoms with E-state index in [1.165, 1.54) is 7.05 Å². The average Bonchev–Trinajstić information content (AvgIpc) is 3.11. The fraction of sp³-hybridized carbons (Fsp3) is 0.100. The molecule has 0 radical (unpaired) electrons. The summed E-state index contributed by atoms with van der Waals surface area (Å²) in [6.07, 6.45) is 3.65. The predicted octanol–water partition coefficient (Wildman–Crippen LogP) is 4.52. The van der Waals surface area contributed by atoms with E-state index in [-0.39, 0.29) is 11.6 Å². The predicted molar refractivity (Wildman–Crippen MR) is 107 cm³/mol. The van der Waals surface area contributed by atoms with Gasteiger partial charge < -0.3 is 9.88 Å². The first kappa shape index (κ1) is 17.6. The highest BCUT2D eigenvalue weighted by Gasteiger charge is 2.30. The van der Waals surface area contributed by atoms with Gasteiger partial charge in [-0.05, 0) is 29.8 Å². The molecule has 0 saturated carbocycles. The Morgan fingerprint density at radius 1 is 1.11 bits per heavy atom. The van der Waals surface area contributed by atoms with Crippen LogP contribution in [0.3, 0.4) is 0 Å². The number of nitrogens with zero attached hydrogens (tertiary/aromatic N) is 2. The molecule has 1 aliphatic rings. The summed E-state index contributed by atoms with van der Waals surface area (Å²) in [5.74, 6) is -0.349. The lowest BCUT2D eigenvalue weighted by Crippen LogP contribution is -2.25. The molecule has 1 aromatic heterocycles. The van der Waals surface area contributed by atoms with Crippen molar-refractivity contribution >= 4 is 52.1 Å². The number of imide groups is 1. The molecule has 0 aliphatic carbocycles. The number of nitrogens with one attached hydrogen (secondary N) is 1. The van der Waals surface area contributed by atoms with Crippen molar-refractivity contribution in [1.82, 2.24) is 14.8 Å². The van der Waals surface area contributed by atoms with Crippen LogP contribution in [0.25, 0.3) is 17.0 Å². The first-order valence-corrected chi connectivity index (χ1v) is 9.02. The average molecular weight is 400 g/mol. The van der Waals surface area contributed by atoms with Crippen LogP contribution < -0.4 is 5.32 Å². The number of hydrogen-bond donors (Lipinski definition) is 1. The second-order valence-electron chi connectivity index (χ2n) is 6.32. The summed E-state index contributed by atoms with van der Waals surface area (Å²) in [5, 5.41) is 4.76. The van der Waals surface area contributed by atoms with Crippen molar-refractivity contribution in [2.45, 2.75) is 6.54 Å². The Morgan fingerprint density at radius 3 is 2.59 bits per heavy atom. The highest BCUT2D eigenvalue weighted by atomic mass is 35.5. The number of carbonyl (C=O) groups excluding carboxylic acids is 2. The summed E-state index contributed by atoms with van der Waals surface area (Å²) < 4.78 is 2.06. The van der Waals surface area contributed by atoms with Crippen molar-refractivity contribution in [3.63, 3.8) is 0 Å². The first-order chi connectivity index (χ1) is 12.9. The zero-order chi connectivity index (χ0) is 19.1. The minimum absolute atomic E-state index is 0.259. The molecule has 0 atom stereocenters. The van der Waals surface area contributed by atoms with Gasteiger partial charge in [0.15, 0.2) is 0 Å². The maximum Gasteiger partial charge on any atom is 0.328 e. The molecule has 7 heteroatoms. The Bertz CT molecular complexity index is 1120. The van der Waals surface area contributed by atoms with Crippen LogP contribution in [0.5, 0.6) is 0 Å². The number of rotatable bonds is 3. The van der Waals surface area contributed by atoms with Crippen LogP contribution >= 0.6 is 23.2 Å². The number of hydrogen-bond acceptors (Lipinski definition) is 2. The maximum atomic E-state index is 12.2. The van der Waals surface area contributed by atoms with Crippen molar-refractivity contribution in [3.8, 4) is 0 Å². The maximum absolute atomic E-state index is 12.2. The highest BCUT2D eigenvalue weighted by molar-refractivity contribution is 6.35. The van der Waals surface area contributed by atoms with Crippen molar-refractivity contribution in [2.75, 3.05) is 7.05 Å². The number of aromatic nitrogens is 1. The lowest BCUT2D eigenvalue weighted by atomic mass is 10.1. The summed E-state index contributed by atoms with van der Waals surface area (Å²) in [5.41, 5.74) is 3.04. The third kappa shape index (κ3) is 3.20. The largest absolute Gasteiger partial charge is 0.342 e. The van der Waals surface area contributed by atoms with E-state index in [0.717, 1.165) is 26.9 Å². The van der Waals surface area contributed by atoms with Crippen LogP contribution in [-0.2, 0) is 11.3 Å². The fourth-order valence-electron chi connectivity index (χ4n) is 3.13. The zero-order valence-corrected chi connectivity index (χ0v) is 15.9. The van der Waals surface area contributed by atoms with Crippen molar-refractivity contribution < 1.29 is 9.59 Å². The van der Waals surface area contributed by atoms with Gasteiger partial charge in [0, 0.05) is 46.3 Å². The standard InChI is InChI=1S/C20H15Cl2N3O2/c1-24-19(26)17(23-20(24)27)8-13-11-25(18-5-3-2-4-15(13)18)10-12-6-7-14(21)9-16(12)22/h2-9,11H,10H2,1H3,(H,23,27)/b17-8+.